The van der Waals surface area contributed by atoms with Crippen molar-refractivity contribution in [3.8, 4) is 0 Å². The Morgan fingerprint density at radius 3 is 2.37 bits per heavy atom. The highest BCUT2D eigenvalue weighted by Gasteiger charge is 2.43. The lowest BCUT2D eigenvalue weighted by Gasteiger charge is -2.36. The summed E-state index contributed by atoms with van der Waals surface area (Å²) in [6, 6.07) is 9.29. The van der Waals surface area contributed by atoms with Gasteiger partial charge in [-0.1, -0.05) is 52.1 Å². The molecule has 0 saturated heterocycles. The number of hydrogen-bond donors (Lipinski definition) is 1. The molecule has 1 N–H and O–H groups in total. The molecule has 0 fully saturated rings. The molecule has 2 heterocycles. The number of hydrogen-bond acceptors (Lipinski definition) is 5. The van der Waals surface area contributed by atoms with Gasteiger partial charge in [-0.25, -0.2) is 8.96 Å². The molecule has 3 rings (SSSR count). The minimum absolute atomic E-state index is 0.135. The second-order valence-corrected chi connectivity index (χ2v) is 16.5. The van der Waals surface area contributed by atoms with Crippen LogP contribution in [0.1, 0.15) is 38.1 Å². The maximum Gasteiger partial charge on any atom is 0.308 e. The maximum atomic E-state index is 13.1. The van der Waals surface area contributed by atoms with E-state index in [9.17, 15) is 13.5 Å². The number of imidazole rings is 1. The number of aromatic nitrogens is 3. The molecule has 0 amide bonds. The number of nitrogens with zero attached hydrogens (tertiary/aromatic N) is 4. The molecule has 0 aliphatic rings. The Bertz CT molecular complexity index is 1180. The topological polar surface area (TPSA) is 88.3 Å². The monoisotopic (exact) mass is 446 g/mol. The normalized spacial score (nSPS) is 14.4. The Balaban J connectivity index is 2.24. The van der Waals surface area contributed by atoms with Gasteiger partial charge < -0.3 is 5.11 Å². The predicted molar refractivity (Wildman–Crippen MR) is 123 cm³/mol. The van der Waals surface area contributed by atoms with E-state index in [0.29, 0.717) is 16.7 Å². The minimum atomic E-state index is -3.79. The van der Waals surface area contributed by atoms with Crippen LogP contribution < -0.4 is 5.45 Å². The highest BCUT2D eigenvalue weighted by atomic mass is 32.2. The third-order valence-electron chi connectivity index (χ3n) is 6.09. The lowest BCUT2D eigenvalue weighted by molar-refractivity contribution is 0.217. The summed E-state index contributed by atoms with van der Waals surface area (Å²) in [5.41, 5.74) is 2.25. The van der Waals surface area contributed by atoms with Crippen LogP contribution in [0.2, 0.25) is 18.1 Å². The van der Waals surface area contributed by atoms with E-state index >= 15 is 0 Å². The number of para-hydroxylation sites is 1. The summed E-state index contributed by atoms with van der Waals surface area (Å²) in [7, 11) is -3.13. The first kappa shape index (κ1) is 22.6. The molecule has 0 spiro atoms. The number of rotatable bonds is 5. The van der Waals surface area contributed by atoms with E-state index in [0.717, 1.165) is 10.9 Å². The first-order valence-corrected chi connectivity index (χ1v) is 14.2. The Morgan fingerprint density at radius 1 is 1.13 bits per heavy atom. The van der Waals surface area contributed by atoms with Gasteiger partial charge >= 0.3 is 10.2 Å². The van der Waals surface area contributed by atoms with Crippen molar-refractivity contribution < 1.29 is 13.5 Å². The molecule has 0 aliphatic carbocycles. The number of fused-ring (bicyclic) bond motifs is 1. The Hall–Kier alpha value is -2.07. The molecule has 0 aliphatic heterocycles. The summed E-state index contributed by atoms with van der Waals surface area (Å²) in [6.45, 7) is 10.5. The van der Waals surface area contributed by atoms with Crippen LogP contribution in [0.5, 0.6) is 0 Å². The molecule has 2 aromatic heterocycles. The van der Waals surface area contributed by atoms with E-state index in [1.807, 2.05) is 24.3 Å². The van der Waals surface area contributed by atoms with Gasteiger partial charge in [-0.05, 0) is 22.7 Å². The second kappa shape index (κ2) is 7.56. The van der Waals surface area contributed by atoms with Crippen molar-refractivity contribution in [3.63, 3.8) is 0 Å². The fourth-order valence-electron chi connectivity index (χ4n) is 3.13. The molecule has 1 aromatic carbocycles. The Morgan fingerprint density at radius 2 is 1.77 bits per heavy atom. The Kier molecular flexibility index (Phi) is 5.70. The highest BCUT2D eigenvalue weighted by Crippen LogP contribution is 2.36. The van der Waals surface area contributed by atoms with Crippen LogP contribution in [0.3, 0.4) is 0 Å². The van der Waals surface area contributed by atoms with Crippen molar-refractivity contribution in [2.45, 2.75) is 45.0 Å². The summed E-state index contributed by atoms with van der Waals surface area (Å²) in [4.78, 5) is 9.07. The summed E-state index contributed by atoms with van der Waals surface area (Å²) < 4.78 is 28.6. The van der Waals surface area contributed by atoms with E-state index < -0.39 is 24.4 Å². The van der Waals surface area contributed by atoms with Crippen molar-refractivity contribution in [2.75, 3.05) is 14.1 Å². The van der Waals surface area contributed by atoms with Crippen molar-refractivity contribution >= 4 is 34.6 Å². The van der Waals surface area contributed by atoms with Crippen LogP contribution in [0.15, 0.2) is 42.7 Å². The van der Waals surface area contributed by atoms with Gasteiger partial charge in [-0.15, -0.1) is 0 Å². The van der Waals surface area contributed by atoms with E-state index in [4.69, 9.17) is 4.98 Å². The SMILES string of the molecule is CN(C)S(=O)(=O)n1cc(C(O)c2ccnc3ccccc23)nc1[Si](C)(C)C(C)(C)C. The zero-order valence-corrected chi connectivity index (χ0v) is 20.4. The maximum absolute atomic E-state index is 13.1. The lowest BCUT2D eigenvalue weighted by atomic mass is 10.0. The van der Waals surface area contributed by atoms with Crippen molar-refractivity contribution in [1.82, 2.24) is 18.2 Å². The molecular formula is C21H30N4O3SSi. The third kappa shape index (κ3) is 3.71. The zero-order valence-electron chi connectivity index (χ0n) is 18.6. The predicted octanol–water partition coefficient (Wildman–Crippen LogP) is 2.88. The average molecular weight is 447 g/mol. The van der Waals surface area contributed by atoms with Gasteiger partial charge in [0.15, 0.2) is 0 Å². The largest absolute Gasteiger partial charge is 0.382 e. The molecular weight excluding hydrogens is 416 g/mol. The Labute approximate surface area is 179 Å². The van der Waals surface area contributed by atoms with Gasteiger partial charge in [0, 0.05) is 31.9 Å². The zero-order chi connectivity index (χ0) is 22.5. The smallest absolute Gasteiger partial charge is 0.308 e. The summed E-state index contributed by atoms with van der Waals surface area (Å²) in [6.07, 6.45) is 2.04. The van der Waals surface area contributed by atoms with Gasteiger partial charge in [0.25, 0.3) is 0 Å². The molecule has 1 unspecified atom stereocenters. The van der Waals surface area contributed by atoms with Gasteiger partial charge in [-0.2, -0.15) is 12.7 Å². The molecule has 3 aromatic rings. The summed E-state index contributed by atoms with van der Waals surface area (Å²) >= 11 is 0. The first-order chi connectivity index (χ1) is 13.8. The molecule has 1 atom stereocenters. The van der Waals surface area contributed by atoms with Crippen molar-refractivity contribution in [2.24, 2.45) is 0 Å². The van der Waals surface area contributed by atoms with Gasteiger partial charge in [-0.3, -0.25) is 4.98 Å². The number of benzene rings is 1. The van der Waals surface area contributed by atoms with Crippen LogP contribution in [0.4, 0.5) is 0 Å². The van der Waals surface area contributed by atoms with Gasteiger partial charge in [0.05, 0.1) is 11.2 Å². The highest BCUT2D eigenvalue weighted by molar-refractivity contribution is 7.87. The fourth-order valence-corrected chi connectivity index (χ4v) is 6.71. The van der Waals surface area contributed by atoms with Crippen molar-refractivity contribution in [1.29, 1.82) is 0 Å². The fraction of sp³-hybridized carbons (Fsp3) is 0.429. The number of aliphatic hydroxyl groups excluding tert-OH is 1. The van der Waals surface area contributed by atoms with Crippen molar-refractivity contribution in [3.05, 3.63) is 54.0 Å². The molecule has 7 nitrogen and oxygen atoms in total. The summed E-state index contributed by atoms with van der Waals surface area (Å²) in [5.74, 6) is 0. The quantitative estimate of drug-likeness (QED) is 0.609. The van der Waals surface area contributed by atoms with Crippen LogP contribution in [-0.4, -0.2) is 53.9 Å². The lowest BCUT2D eigenvalue weighted by Crippen LogP contribution is -2.56. The molecule has 0 radical (unpaired) electrons. The molecule has 30 heavy (non-hydrogen) atoms. The number of aliphatic hydroxyl groups is 1. The van der Waals surface area contributed by atoms with E-state index in [1.165, 1.54) is 28.6 Å². The standard InChI is InChI=1S/C21H30N4O3SSi/c1-21(2,3)30(6,7)20-23-18(14-25(20)29(27,28)24(4)5)19(26)16-12-13-22-17-11-9-8-10-15(16)17/h8-14,19,26H,1-7H3. The molecule has 162 valence electrons. The van der Waals surface area contributed by atoms with E-state index in [2.05, 4.69) is 38.8 Å². The van der Waals surface area contributed by atoms with Crippen LogP contribution in [-0.2, 0) is 10.2 Å². The number of pyridine rings is 1. The van der Waals surface area contributed by atoms with Crippen LogP contribution in [0.25, 0.3) is 10.9 Å². The molecule has 0 saturated carbocycles. The third-order valence-corrected chi connectivity index (χ3v) is 13.2. The molecule has 9 heteroatoms. The van der Waals surface area contributed by atoms with E-state index in [-0.39, 0.29) is 5.04 Å². The van der Waals surface area contributed by atoms with Crippen LogP contribution in [0, 0.1) is 0 Å². The average Bonchev–Trinajstić information content (AvgIpc) is 3.13. The van der Waals surface area contributed by atoms with Gasteiger partial charge in [0.2, 0.25) is 0 Å². The van der Waals surface area contributed by atoms with Gasteiger partial charge in [0.1, 0.15) is 19.6 Å². The first-order valence-electron chi connectivity index (χ1n) is 9.83. The second-order valence-electron chi connectivity index (χ2n) is 9.27. The van der Waals surface area contributed by atoms with Crippen LogP contribution >= 0.6 is 0 Å². The summed E-state index contributed by atoms with van der Waals surface area (Å²) in [5, 5.41) is 11.9. The molecule has 0 bridgehead atoms. The minimum Gasteiger partial charge on any atom is -0.382 e. The van der Waals surface area contributed by atoms with E-state index in [1.54, 1.807) is 12.3 Å².